The Morgan fingerprint density at radius 1 is 1.26 bits per heavy atom. The SMILES string of the molecule is CC(=O)OC1CC(c2ccc(NC(=O)OC(C)(C)C)cc2)=NO1. The molecule has 1 aromatic rings. The quantitative estimate of drug-likeness (QED) is 0.865. The summed E-state index contributed by atoms with van der Waals surface area (Å²) in [6.07, 6.45) is -0.804. The summed E-state index contributed by atoms with van der Waals surface area (Å²) < 4.78 is 10.1. The van der Waals surface area contributed by atoms with Crippen LogP contribution < -0.4 is 5.32 Å². The molecule has 1 aromatic carbocycles. The van der Waals surface area contributed by atoms with E-state index < -0.39 is 24.0 Å². The standard InChI is InChI=1S/C16H20N2O5/c1-10(19)21-14-9-13(18-23-14)11-5-7-12(8-6-11)17-15(20)22-16(2,3)4/h5-8,14H,9H2,1-4H3,(H,17,20). The molecule has 1 aliphatic rings. The Hall–Kier alpha value is -2.57. The number of anilines is 1. The van der Waals surface area contributed by atoms with Gasteiger partial charge in [0.1, 0.15) is 5.60 Å². The minimum absolute atomic E-state index is 0.387. The van der Waals surface area contributed by atoms with Gasteiger partial charge in [-0.25, -0.2) is 4.79 Å². The normalized spacial score (nSPS) is 17.0. The van der Waals surface area contributed by atoms with E-state index in [9.17, 15) is 9.59 Å². The monoisotopic (exact) mass is 320 g/mol. The first-order chi connectivity index (χ1) is 10.7. The molecule has 0 saturated heterocycles. The summed E-state index contributed by atoms with van der Waals surface area (Å²) in [5.74, 6) is -0.414. The summed E-state index contributed by atoms with van der Waals surface area (Å²) in [5.41, 5.74) is 1.57. The van der Waals surface area contributed by atoms with Gasteiger partial charge in [0.15, 0.2) is 0 Å². The molecule has 0 spiro atoms. The van der Waals surface area contributed by atoms with E-state index in [1.807, 2.05) is 0 Å². The summed E-state index contributed by atoms with van der Waals surface area (Å²) >= 11 is 0. The van der Waals surface area contributed by atoms with Gasteiger partial charge in [-0.3, -0.25) is 10.1 Å². The molecule has 0 fully saturated rings. The Morgan fingerprint density at radius 2 is 1.91 bits per heavy atom. The van der Waals surface area contributed by atoms with Crippen LogP contribution in [-0.2, 0) is 19.1 Å². The number of esters is 1. The minimum Gasteiger partial charge on any atom is -0.444 e. The van der Waals surface area contributed by atoms with Crippen molar-refractivity contribution in [1.82, 2.24) is 0 Å². The van der Waals surface area contributed by atoms with E-state index in [1.54, 1.807) is 45.0 Å². The number of rotatable bonds is 3. The lowest BCUT2D eigenvalue weighted by Gasteiger charge is -2.19. The molecule has 1 aliphatic heterocycles. The van der Waals surface area contributed by atoms with Crippen LogP contribution in [0, 0.1) is 0 Å². The second-order valence-electron chi connectivity index (χ2n) is 6.09. The van der Waals surface area contributed by atoms with Crippen molar-refractivity contribution in [3.8, 4) is 0 Å². The number of ether oxygens (including phenoxy) is 2. The van der Waals surface area contributed by atoms with Crippen molar-refractivity contribution in [2.45, 2.75) is 46.0 Å². The fraction of sp³-hybridized carbons (Fsp3) is 0.438. The van der Waals surface area contributed by atoms with Crippen LogP contribution in [0.5, 0.6) is 0 Å². The second-order valence-corrected chi connectivity index (χ2v) is 6.09. The van der Waals surface area contributed by atoms with Crippen molar-refractivity contribution >= 4 is 23.5 Å². The molecule has 1 atom stereocenters. The lowest BCUT2D eigenvalue weighted by atomic mass is 10.1. The highest BCUT2D eigenvalue weighted by molar-refractivity contribution is 6.01. The van der Waals surface area contributed by atoms with Crippen LogP contribution in [0.25, 0.3) is 0 Å². The first-order valence-electron chi connectivity index (χ1n) is 7.23. The predicted octanol–water partition coefficient (Wildman–Crippen LogP) is 3.05. The number of benzene rings is 1. The Kier molecular flexibility index (Phi) is 4.88. The fourth-order valence-corrected chi connectivity index (χ4v) is 1.94. The zero-order valence-corrected chi connectivity index (χ0v) is 13.6. The molecule has 7 heteroatoms. The van der Waals surface area contributed by atoms with Gasteiger partial charge in [0, 0.05) is 12.6 Å². The number of amides is 1. The molecule has 124 valence electrons. The summed E-state index contributed by atoms with van der Waals surface area (Å²) in [6.45, 7) is 6.72. The number of hydrogen-bond acceptors (Lipinski definition) is 6. The Bertz CT molecular complexity index is 616. The Labute approximate surface area is 134 Å². The lowest BCUT2D eigenvalue weighted by molar-refractivity contribution is -0.170. The molecule has 0 bridgehead atoms. The number of nitrogens with one attached hydrogen (secondary N) is 1. The van der Waals surface area contributed by atoms with Crippen LogP contribution in [0.2, 0.25) is 0 Å². The van der Waals surface area contributed by atoms with Crippen LogP contribution in [0.3, 0.4) is 0 Å². The molecule has 1 N–H and O–H groups in total. The highest BCUT2D eigenvalue weighted by atomic mass is 16.8. The fourth-order valence-electron chi connectivity index (χ4n) is 1.94. The molecule has 0 aliphatic carbocycles. The Morgan fingerprint density at radius 3 is 2.48 bits per heavy atom. The molecule has 1 amide bonds. The van der Waals surface area contributed by atoms with Crippen LogP contribution in [-0.4, -0.2) is 29.7 Å². The molecular weight excluding hydrogens is 300 g/mol. The third-order valence-electron chi connectivity index (χ3n) is 2.80. The first-order valence-corrected chi connectivity index (χ1v) is 7.23. The van der Waals surface area contributed by atoms with E-state index in [4.69, 9.17) is 14.3 Å². The molecular formula is C16H20N2O5. The van der Waals surface area contributed by atoms with Gasteiger partial charge in [-0.2, -0.15) is 0 Å². The smallest absolute Gasteiger partial charge is 0.412 e. The van der Waals surface area contributed by atoms with Gasteiger partial charge >= 0.3 is 12.1 Å². The molecule has 1 heterocycles. The van der Waals surface area contributed by atoms with Gasteiger partial charge in [0.25, 0.3) is 6.29 Å². The second kappa shape index (κ2) is 6.68. The predicted molar refractivity (Wildman–Crippen MR) is 84.1 cm³/mol. The highest BCUT2D eigenvalue weighted by Crippen LogP contribution is 2.20. The van der Waals surface area contributed by atoms with E-state index in [-0.39, 0.29) is 0 Å². The zero-order valence-electron chi connectivity index (χ0n) is 13.6. The maximum atomic E-state index is 11.7. The van der Waals surface area contributed by atoms with Crippen molar-refractivity contribution < 1.29 is 23.9 Å². The van der Waals surface area contributed by atoms with Gasteiger partial charge in [-0.1, -0.05) is 17.3 Å². The number of carbonyl (C=O) groups is 2. The van der Waals surface area contributed by atoms with E-state index in [1.165, 1.54) is 6.92 Å². The van der Waals surface area contributed by atoms with Crippen molar-refractivity contribution in [1.29, 1.82) is 0 Å². The first kappa shape index (κ1) is 16.8. The molecule has 0 radical (unpaired) electrons. The average Bonchev–Trinajstić information content (AvgIpc) is 2.85. The molecule has 2 rings (SSSR count). The van der Waals surface area contributed by atoms with Crippen molar-refractivity contribution in [3.05, 3.63) is 29.8 Å². The van der Waals surface area contributed by atoms with Gasteiger partial charge < -0.3 is 14.3 Å². The van der Waals surface area contributed by atoms with E-state index >= 15 is 0 Å². The minimum atomic E-state index is -0.679. The summed E-state index contributed by atoms with van der Waals surface area (Å²) in [5, 5.41) is 6.56. The number of oxime groups is 1. The van der Waals surface area contributed by atoms with Gasteiger partial charge in [0.2, 0.25) is 0 Å². The number of carbonyl (C=O) groups excluding carboxylic acids is 2. The van der Waals surface area contributed by atoms with Crippen LogP contribution in [0.4, 0.5) is 10.5 Å². The molecule has 1 unspecified atom stereocenters. The molecule has 0 saturated carbocycles. The Balaban J connectivity index is 1.93. The topological polar surface area (TPSA) is 86.2 Å². The largest absolute Gasteiger partial charge is 0.444 e. The van der Waals surface area contributed by atoms with Gasteiger partial charge in [-0.05, 0) is 38.5 Å². The van der Waals surface area contributed by atoms with Crippen LogP contribution >= 0.6 is 0 Å². The third kappa shape index (κ3) is 5.28. The number of hydrogen-bond donors (Lipinski definition) is 1. The van der Waals surface area contributed by atoms with Gasteiger partial charge in [-0.15, -0.1) is 0 Å². The van der Waals surface area contributed by atoms with E-state index in [2.05, 4.69) is 10.5 Å². The molecule has 0 aromatic heterocycles. The summed E-state index contributed by atoms with van der Waals surface area (Å²) in [4.78, 5) is 27.6. The van der Waals surface area contributed by atoms with Crippen molar-refractivity contribution in [2.75, 3.05) is 5.32 Å². The van der Waals surface area contributed by atoms with Crippen molar-refractivity contribution in [3.63, 3.8) is 0 Å². The van der Waals surface area contributed by atoms with E-state index in [0.717, 1.165) is 5.56 Å². The summed E-state index contributed by atoms with van der Waals surface area (Å²) in [7, 11) is 0. The average molecular weight is 320 g/mol. The van der Waals surface area contributed by atoms with Crippen LogP contribution in [0.15, 0.2) is 29.4 Å². The summed E-state index contributed by atoms with van der Waals surface area (Å²) in [6, 6.07) is 7.07. The molecule has 23 heavy (non-hydrogen) atoms. The van der Waals surface area contributed by atoms with Crippen LogP contribution in [0.1, 0.15) is 39.7 Å². The number of nitrogens with zero attached hydrogens (tertiary/aromatic N) is 1. The zero-order chi connectivity index (χ0) is 17.0. The maximum absolute atomic E-state index is 11.7. The maximum Gasteiger partial charge on any atom is 0.412 e. The van der Waals surface area contributed by atoms with Crippen molar-refractivity contribution in [2.24, 2.45) is 5.16 Å². The van der Waals surface area contributed by atoms with E-state index in [0.29, 0.717) is 17.8 Å². The lowest BCUT2D eigenvalue weighted by Crippen LogP contribution is -2.27. The molecule has 7 nitrogen and oxygen atoms in total. The third-order valence-corrected chi connectivity index (χ3v) is 2.80. The highest BCUT2D eigenvalue weighted by Gasteiger charge is 2.24. The van der Waals surface area contributed by atoms with Gasteiger partial charge in [0.05, 0.1) is 12.1 Å².